The maximum atomic E-state index is 13.1. The summed E-state index contributed by atoms with van der Waals surface area (Å²) in [4.78, 5) is 23.4. The van der Waals surface area contributed by atoms with Crippen molar-refractivity contribution in [2.24, 2.45) is 0 Å². The highest BCUT2D eigenvalue weighted by Crippen LogP contribution is 2.36. The number of rotatable bonds is 7. The molecule has 1 aliphatic heterocycles. The maximum absolute atomic E-state index is 13.1. The number of hydrogen-bond acceptors (Lipinski definition) is 7. The third-order valence-electron chi connectivity index (χ3n) is 6.22. The molecule has 1 aromatic heterocycles. The summed E-state index contributed by atoms with van der Waals surface area (Å²) in [6.45, 7) is 0.200. The van der Waals surface area contributed by atoms with Gasteiger partial charge in [0.05, 0.1) is 28.8 Å². The molecule has 5 rings (SSSR count). The van der Waals surface area contributed by atoms with Crippen molar-refractivity contribution in [3.63, 3.8) is 0 Å². The quantitative estimate of drug-likeness (QED) is 0.541. The molecule has 3 aromatic rings. The van der Waals surface area contributed by atoms with Gasteiger partial charge in [0.1, 0.15) is 0 Å². The van der Waals surface area contributed by atoms with Crippen LogP contribution in [0.1, 0.15) is 24.8 Å². The minimum absolute atomic E-state index is 0.0204. The number of hydrogen-bond donors (Lipinski definition) is 1. The second-order valence-electron chi connectivity index (χ2n) is 8.62. The van der Waals surface area contributed by atoms with Crippen molar-refractivity contribution in [2.75, 3.05) is 23.8 Å². The fourth-order valence-corrected chi connectivity index (χ4v) is 5.89. The van der Waals surface area contributed by atoms with E-state index in [1.165, 1.54) is 4.31 Å². The van der Waals surface area contributed by atoms with E-state index in [4.69, 9.17) is 5.26 Å². The van der Waals surface area contributed by atoms with Gasteiger partial charge in [0.25, 0.3) is 0 Å². The molecule has 0 saturated heterocycles. The van der Waals surface area contributed by atoms with E-state index < -0.39 is 10.0 Å². The number of carbonyl (C=O) groups excluding carboxylic acids is 1. The van der Waals surface area contributed by atoms with Crippen LogP contribution in [0.5, 0.6) is 0 Å². The van der Waals surface area contributed by atoms with Crippen molar-refractivity contribution in [3.05, 3.63) is 60.3 Å². The highest BCUT2D eigenvalue weighted by atomic mass is 32.2. The van der Waals surface area contributed by atoms with Crippen molar-refractivity contribution < 1.29 is 13.2 Å². The molecule has 1 saturated carbocycles. The summed E-state index contributed by atoms with van der Waals surface area (Å²) < 4.78 is 27.6. The summed E-state index contributed by atoms with van der Waals surface area (Å²) in [6, 6.07) is 16.0. The molecule has 2 aliphatic rings. The highest BCUT2D eigenvalue weighted by molar-refractivity contribution is 7.89. The van der Waals surface area contributed by atoms with Gasteiger partial charge in [-0.15, -0.1) is 0 Å². The molecule has 0 radical (unpaired) electrons. The molecule has 1 fully saturated rings. The third kappa shape index (κ3) is 4.48. The summed E-state index contributed by atoms with van der Waals surface area (Å²) in [6.07, 6.45) is 3.67. The molecule has 35 heavy (non-hydrogen) atoms. The lowest BCUT2D eigenvalue weighted by molar-refractivity contribution is -0.117. The standard InChI is InChI=1S/C25H24N6O3S/c1-30-22-6-3-2-5-21(22)24-17(15-23(30)32)16-27-25(29-24)28-18-7-11-20(12-8-18)35(33,34)31(14-4-13-26)19-9-10-19/h2-3,5-8,11-12,16,19H,4,9-10,14-15H2,1H3,(H,27,28,29). The minimum atomic E-state index is -3.67. The number of likely N-dealkylation sites (N-methyl/N-ethyl adjacent to an activating group) is 1. The number of nitrogens with one attached hydrogen (secondary N) is 1. The first-order valence-corrected chi connectivity index (χ1v) is 12.8. The van der Waals surface area contributed by atoms with Crippen molar-refractivity contribution in [3.8, 4) is 17.3 Å². The topological polar surface area (TPSA) is 119 Å². The molecule has 2 aromatic carbocycles. The lowest BCUT2D eigenvalue weighted by Gasteiger charge is -2.20. The van der Waals surface area contributed by atoms with E-state index in [0.717, 1.165) is 29.7 Å². The van der Waals surface area contributed by atoms with Gasteiger partial charge in [-0.1, -0.05) is 18.2 Å². The zero-order valence-electron chi connectivity index (χ0n) is 19.2. The number of sulfonamides is 1. The van der Waals surface area contributed by atoms with Crippen LogP contribution in [-0.2, 0) is 21.2 Å². The monoisotopic (exact) mass is 488 g/mol. The Hall–Kier alpha value is -3.81. The van der Waals surface area contributed by atoms with Crippen LogP contribution in [0.3, 0.4) is 0 Å². The average molecular weight is 489 g/mol. The molecule has 0 unspecified atom stereocenters. The molecule has 0 atom stereocenters. The fourth-order valence-electron chi connectivity index (χ4n) is 4.21. The zero-order valence-corrected chi connectivity index (χ0v) is 20.0. The number of para-hydroxylation sites is 1. The lowest BCUT2D eigenvalue weighted by atomic mass is 10.1. The Balaban J connectivity index is 1.40. The number of nitrogens with zero attached hydrogens (tertiary/aromatic N) is 5. The van der Waals surface area contributed by atoms with Crippen LogP contribution in [-0.4, -0.2) is 48.2 Å². The first-order chi connectivity index (χ1) is 16.9. The van der Waals surface area contributed by atoms with Gasteiger partial charge in [0, 0.05) is 49.1 Å². The van der Waals surface area contributed by atoms with Crippen LogP contribution in [0.15, 0.2) is 59.6 Å². The van der Waals surface area contributed by atoms with E-state index in [1.807, 2.05) is 30.3 Å². The molecule has 1 N–H and O–H groups in total. The molecule has 0 bridgehead atoms. The van der Waals surface area contributed by atoms with E-state index in [9.17, 15) is 13.2 Å². The Morgan fingerprint density at radius 1 is 1.17 bits per heavy atom. The second kappa shape index (κ2) is 9.09. The average Bonchev–Trinajstić information content (AvgIpc) is 3.70. The number of amides is 1. The first kappa shape index (κ1) is 23.0. The number of anilines is 3. The zero-order chi connectivity index (χ0) is 24.6. The predicted octanol–water partition coefficient (Wildman–Crippen LogP) is 3.47. The molecule has 1 amide bonds. The molecule has 1 aliphatic carbocycles. The number of carbonyl (C=O) groups is 1. The molecule has 9 nitrogen and oxygen atoms in total. The van der Waals surface area contributed by atoms with Gasteiger partial charge in [-0.05, 0) is 43.2 Å². The van der Waals surface area contributed by atoms with Crippen molar-refractivity contribution in [1.29, 1.82) is 5.26 Å². The molecule has 178 valence electrons. The SMILES string of the molecule is CN1C(=O)Cc2cnc(Nc3ccc(S(=O)(=O)N(CCC#N)C4CC4)cc3)nc2-c2ccccc21. The van der Waals surface area contributed by atoms with Crippen molar-refractivity contribution in [1.82, 2.24) is 14.3 Å². The molecular weight excluding hydrogens is 464 g/mol. The van der Waals surface area contributed by atoms with E-state index in [2.05, 4.69) is 15.3 Å². The third-order valence-corrected chi connectivity index (χ3v) is 8.18. The normalized spacial score (nSPS) is 15.2. The Morgan fingerprint density at radius 3 is 2.63 bits per heavy atom. The van der Waals surface area contributed by atoms with Gasteiger partial charge in [-0.3, -0.25) is 4.79 Å². The minimum Gasteiger partial charge on any atom is -0.324 e. The maximum Gasteiger partial charge on any atom is 0.243 e. The smallest absolute Gasteiger partial charge is 0.243 e. The van der Waals surface area contributed by atoms with Gasteiger partial charge in [0.15, 0.2) is 0 Å². The number of fused-ring (bicyclic) bond motifs is 3. The van der Waals surface area contributed by atoms with Gasteiger partial charge < -0.3 is 10.2 Å². The Labute approximate surface area is 204 Å². The van der Waals surface area contributed by atoms with Gasteiger partial charge in [-0.25, -0.2) is 18.4 Å². The largest absolute Gasteiger partial charge is 0.324 e. The van der Waals surface area contributed by atoms with Crippen LogP contribution in [0.4, 0.5) is 17.3 Å². The Kier molecular flexibility index (Phi) is 5.96. The first-order valence-electron chi connectivity index (χ1n) is 11.4. The van der Waals surface area contributed by atoms with Crippen LogP contribution in [0.25, 0.3) is 11.3 Å². The van der Waals surface area contributed by atoms with E-state index in [1.54, 1.807) is 42.4 Å². The lowest BCUT2D eigenvalue weighted by Crippen LogP contribution is -2.33. The van der Waals surface area contributed by atoms with E-state index in [-0.39, 0.29) is 36.2 Å². The van der Waals surface area contributed by atoms with Crippen LogP contribution in [0, 0.1) is 11.3 Å². The summed E-state index contributed by atoms with van der Waals surface area (Å²) in [7, 11) is -1.92. The van der Waals surface area contributed by atoms with Crippen molar-refractivity contribution >= 4 is 33.3 Å². The molecule has 2 heterocycles. The number of nitriles is 1. The Bertz CT molecular complexity index is 1430. The van der Waals surface area contributed by atoms with Gasteiger partial charge in [-0.2, -0.15) is 9.57 Å². The van der Waals surface area contributed by atoms with Crippen LogP contribution < -0.4 is 10.2 Å². The molecular formula is C25H24N6O3S. The summed E-state index contributed by atoms with van der Waals surface area (Å²) >= 11 is 0. The van der Waals surface area contributed by atoms with Crippen molar-refractivity contribution in [2.45, 2.75) is 36.6 Å². The van der Waals surface area contributed by atoms with Crippen LogP contribution >= 0.6 is 0 Å². The summed E-state index contributed by atoms with van der Waals surface area (Å²) in [5, 5.41) is 12.0. The predicted molar refractivity (Wildman–Crippen MR) is 131 cm³/mol. The number of benzene rings is 2. The molecule has 10 heteroatoms. The number of aromatic nitrogens is 2. The Morgan fingerprint density at radius 2 is 1.91 bits per heavy atom. The second-order valence-corrected chi connectivity index (χ2v) is 10.5. The van der Waals surface area contributed by atoms with E-state index in [0.29, 0.717) is 17.3 Å². The fraction of sp³-hybridized carbons (Fsp3) is 0.280. The summed E-state index contributed by atoms with van der Waals surface area (Å²) in [5.41, 5.74) is 3.70. The molecule has 0 spiro atoms. The van der Waals surface area contributed by atoms with E-state index >= 15 is 0 Å². The van der Waals surface area contributed by atoms with Gasteiger partial charge in [0.2, 0.25) is 21.9 Å². The van der Waals surface area contributed by atoms with Gasteiger partial charge >= 0.3 is 0 Å². The van der Waals surface area contributed by atoms with Crippen LogP contribution in [0.2, 0.25) is 0 Å². The summed E-state index contributed by atoms with van der Waals surface area (Å²) in [5.74, 6) is 0.312. The highest BCUT2D eigenvalue weighted by Gasteiger charge is 2.37.